The zero-order chi connectivity index (χ0) is 16.2. The van der Waals surface area contributed by atoms with Crippen molar-refractivity contribution in [1.82, 2.24) is 0 Å². The molecule has 0 saturated carbocycles. The number of benzene rings is 2. The number of unbranched alkanes of at least 4 members (excludes halogenated alkanes) is 1. The SMILES string of the molecule is O=C(O)CCCCC(=O)O.c1ccc(-c2ccccc2)cc1. The summed E-state index contributed by atoms with van der Waals surface area (Å²) < 4.78 is 0. The van der Waals surface area contributed by atoms with Crippen molar-refractivity contribution in [3.8, 4) is 11.1 Å². The maximum atomic E-state index is 9.90. The molecular weight excluding hydrogens is 280 g/mol. The fourth-order valence-electron chi connectivity index (χ4n) is 1.81. The first-order valence-electron chi connectivity index (χ1n) is 7.13. The van der Waals surface area contributed by atoms with Crippen molar-refractivity contribution < 1.29 is 19.8 Å². The highest BCUT2D eigenvalue weighted by molar-refractivity contribution is 5.68. The molecule has 0 saturated heterocycles. The van der Waals surface area contributed by atoms with E-state index in [0.29, 0.717) is 12.8 Å². The largest absolute Gasteiger partial charge is 0.481 e. The van der Waals surface area contributed by atoms with Crippen LogP contribution in [0.3, 0.4) is 0 Å². The molecule has 0 unspecified atom stereocenters. The molecule has 2 aromatic rings. The molecule has 0 aliphatic carbocycles. The summed E-state index contributed by atoms with van der Waals surface area (Å²) in [5.74, 6) is -1.74. The van der Waals surface area contributed by atoms with Crippen molar-refractivity contribution in [2.24, 2.45) is 0 Å². The van der Waals surface area contributed by atoms with E-state index in [2.05, 4.69) is 48.5 Å². The molecule has 116 valence electrons. The summed E-state index contributed by atoms with van der Waals surface area (Å²) in [6.45, 7) is 0. The van der Waals surface area contributed by atoms with Crippen LogP contribution < -0.4 is 0 Å². The van der Waals surface area contributed by atoms with E-state index in [4.69, 9.17) is 10.2 Å². The van der Waals surface area contributed by atoms with Gasteiger partial charge >= 0.3 is 11.9 Å². The average molecular weight is 300 g/mol. The molecule has 2 N–H and O–H groups in total. The van der Waals surface area contributed by atoms with E-state index in [-0.39, 0.29) is 12.8 Å². The van der Waals surface area contributed by atoms with Gasteiger partial charge in [-0.2, -0.15) is 0 Å². The molecule has 0 aliphatic rings. The lowest BCUT2D eigenvalue weighted by atomic mass is 10.1. The lowest BCUT2D eigenvalue weighted by Gasteiger charge is -1.98. The summed E-state index contributed by atoms with van der Waals surface area (Å²) in [5, 5.41) is 16.3. The van der Waals surface area contributed by atoms with Gasteiger partial charge in [-0.05, 0) is 24.0 Å². The molecule has 0 aliphatic heterocycles. The zero-order valence-electron chi connectivity index (χ0n) is 12.3. The Morgan fingerprint density at radius 1 is 0.636 bits per heavy atom. The van der Waals surface area contributed by atoms with Gasteiger partial charge < -0.3 is 10.2 Å². The number of hydrogen-bond donors (Lipinski definition) is 2. The Hall–Kier alpha value is -2.62. The van der Waals surface area contributed by atoms with Gasteiger partial charge in [0.2, 0.25) is 0 Å². The third kappa shape index (κ3) is 7.85. The normalized spacial score (nSPS) is 9.45. The van der Waals surface area contributed by atoms with Crippen LogP contribution in [0.4, 0.5) is 0 Å². The summed E-state index contributed by atoms with van der Waals surface area (Å²) in [6.07, 6.45) is 1.02. The smallest absolute Gasteiger partial charge is 0.303 e. The minimum atomic E-state index is -0.870. The molecule has 0 aromatic heterocycles. The molecule has 0 heterocycles. The third-order valence-corrected chi connectivity index (χ3v) is 2.91. The summed E-state index contributed by atoms with van der Waals surface area (Å²) in [5.41, 5.74) is 2.55. The number of aliphatic carboxylic acids is 2. The summed E-state index contributed by atoms with van der Waals surface area (Å²) in [4.78, 5) is 19.8. The fourth-order valence-corrected chi connectivity index (χ4v) is 1.81. The van der Waals surface area contributed by atoms with Crippen LogP contribution >= 0.6 is 0 Å². The van der Waals surface area contributed by atoms with Gasteiger partial charge in [0.05, 0.1) is 0 Å². The molecule has 0 spiro atoms. The molecule has 4 heteroatoms. The maximum absolute atomic E-state index is 9.90. The fraction of sp³-hybridized carbons (Fsp3) is 0.222. The van der Waals surface area contributed by atoms with Crippen LogP contribution in [0.1, 0.15) is 25.7 Å². The second-order valence-corrected chi connectivity index (χ2v) is 4.73. The summed E-state index contributed by atoms with van der Waals surface area (Å²) in [6, 6.07) is 20.8. The van der Waals surface area contributed by atoms with Crippen LogP contribution in [0.2, 0.25) is 0 Å². The van der Waals surface area contributed by atoms with Crippen molar-refractivity contribution in [3.63, 3.8) is 0 Å². The predicted molar refractivity (Wildman–Crippen MR) is 85.6 cm³/mol. The lowest BCUT2D eigenvalue weighted by molar-refractivity contribution is -0.139. The quantitative estimate of drug-likeness (QED) is 0.789. The number of rotatable bonds is 6. The number of hydrogen-bond acceptors (Lipinski definition) is 2. The Morgan fingerprint density at radius 3 is 1.23 bits per heavy atom. The highest BCUT2D eigenvalue weighted by Crippen LogP contribution is 2.17. The van der Waals surface area contributed by atoms with E-state index in [1.165, 1.54) is 11.1 Å². The van der Waals surface area contributed by atoms with Crippen LogP contribution in [-0.4, -0.2) is 22.2 Å². The number of carboxylic acids is 2. The Morgan fingerprint density at radius 2 is 0.955 bits per heavy atom. The molecular formula is C18H20O4. The first-order chi connectivity index (χ1) is 10.6. The first-order valence-corrected chi connectivity index (χ1v) is 7.13. The molecule has 0 bridgehead atoms. The van der Waals surface area contributed by atoms with Crippen molar-refractivity contribution in [2.45, 2.75) is 25.7 Å². The van der Waals surface area contributed by atoms with E-state index in [0.717, 1.165) is 0 Å². The van der Waals surface area contributed by atoms with E-state index in [1.807, 2.05) is 12.1 Å². The van der Waals surface area contributed by atoms with E-state index in [9.17, 15) is 9.59 Å². The maximum Gasteiger partial charge on any atom is 0.303 e. The lowest BCUT2D eigenvalue weighted by Crippen LogP contribution is -1.97. The Labute approximate surface area is 130 Å². The van der Waals surface area contributed by atoms with Crippen LogP contribution in [0.15, 0.2) is 60.7 Å². The van der Waals surface area contributed by atoms with Crippen molar-refractivity contribution in [3.05, 3.63) is 60.7 Å². The molecule has 2 rings (SSSR count). The molecule has 4 nitrogen and oxygen atoms in total. The predicted octanol–water partition coefficient (Wildman–Crippen LogP) is 4.07. The Balaban J connectivity index is 0.000000225. The second kappa shape index (κ2) is 10.2. The summed E-state index contributed by atoms with van der Waals surface area (Å²) >= 11 is 0. The Bertz CT molecular complexity index is 511. The standard InChI is InChI=1S/C12H10.C6H10O4/c1-3-7-11(8-4-1)12-9-5-2-6-10-12;7-5(8)3-1-2-4-6(9)10/h1-10H;1-4H2,(H,7,8)(H,9,10). The van der Waals surface area contributed by atoms with Gasteiger partial charge in [0.25, 0.3) is 0 Å². The van der Waals surface area contributed by atoms with Gasteiger partial charge in [-0.15, -0.1) is 0 Å². The molecule has 2 aromatic carbocycles. The first kappa shape index (κ1) is 17.4. The zero-order valence-corrected chi connectivity index (χ0v) is 12.3. The summed E-state index contributed by atoms with van der Waals surface area (Å²) in [7, 11) is 0. The second-order valence-electron chi connectivity index (χ2n) is 4.73. The monoisotopic (exact) mass is 300 g/mol. The van der Waals surface area contributed by atoms with Crippen molar-refractivity contribution in [2.75, 3.05) is 0 Å². The van der Waals surface area contributed by atoms with Gasteiger partial charge in [-0.1, -0.05) is 60.7 Å². The molecule has 0 radical (unpaired) electrons. The van der Waals surface area contributed by atoms with Gasteiger partial charge in [0, 0.05) is 12.8 Å². The van der Waals surface area contributed by atoms with Gasteiger partial charge in [0.1, 0.15) is 0 Å². The van der Waals surface area contributed by atoms with Gasteiger partial charge in [-0.25, -0.2) is 0 Å². The van der Waals surface area contributed by atoms with Crippen LogP contribution in [0.25, 0.3) is 11.1 Å². The topological polar surface area (TPSA) is 74.6 Å². The van der Waals surface area contributed by atoms with Crippen molar-refractivity contribution >= 4 is 11.9 Å². The molecule has 22 heavy (non-hydrogen) atoms. The van der Waals surface area contributed by atoms with Gasteiger partial charge in [0.15, 0.2) is 0 Å². The minimum absolute atomic E-state index is 0.0628. The highest BCUT2D eigenvalue weighted by Gasteiger charge is 1.99. The molecule has 0 atom stereocenters. The van der Waals surface area contributed by atoms with Crippen LogP contribution in [0.5, 0.6) is 0 Å². The van der Waals surface area contributed by atoms with Gasteiger partial charge in [-0.3, -0.25) is 9.59 Å². The third-order valence-electron chi connectivity index (χ3n) is 2.91. The van der Waals surface area contributed by atoms with Crippen LogP contribution in [0, 0.1) is 0 Å². The highest BCUT2D eigenvalue weighted by atomic mass is 16.4. The van der Waals surface area contributed by atoms with E-state index < -0.39 is 11.9 Å². The minimum Gasteiger partial charge on any atom is -0.481 e. The number of carboxylic acid groups (broad SMARTS) is 2. The Kier molecular flexibility index (Phi) is 8.05. The number of carbonyl (C=O) groups is 2. The average Bonchev–Trinajstić information content (AvgIpc) is 2.54. The van der Waals surface area contributed by atoms with E-state index in [1.54, 1.807) is 0 Å². The van der Waals surface area contributed by atoms with Crippen molar-refractivity contribution in [1.29, 1.82) is 0 Å². The molecule has 0 fully saturated rings. The van der Waals surface area contributed by atoms with Crippen LogP contribution in [-0.2, 0) is 9.59 Å². The van der Waals surface area contributed by atoms with E-state index >= 15 is 0 Å². The molecule has 0 amide bonds.